The lowest BCUT2D eigenvalue weighted by Crippen LogP contribution is -2.53. The number of hydrogen-bond donors (Lipinski definition) is 11. The Bertz CT molecular complexity index is 4770. The van der Waals surface area contributed by atoms with Crippen LogP contribution in [0.3, 0.4) is 0 Å². The van der Waals surface area contributed by atoms with Gasteiger partial charge in [-0.05, 0) is 124 Å². The van der Waals surface area contributed by atoms with E-state index < -0.39 is 143 Å². The van der Waals surface area contributed by atoms with Crippen molar-refractivity contribution in [3.8, 4) is 23.0 Å². The van der Waals surface area contributed by atoms with E-state index in [-0.39, 0.29) is 174 Å². The molecule has 0 spiro atoms. The third-order valence-electron chi connectivity index (χ3n) is 21.5. The van der Waals surface area contributed by atoms with Crippen molar-refractivity contribution in [1.29, 1.82) is 0 Å². The number of anilines is 4. The predicted octanol–water partition coefficient (Wildman–Crippen LogP) is 4.88. The Morgan fingerprint density at radius 3 is 1.46 bits per heavy atom. The fraction of sp³-hybridized carbons (Fsp3) is 0.500. The molecule has 6 aliphatic rings. The summed E-state index contributed by atoms with van der Waals surface area (Å²) in [7, 11) is -0.0657. The van der Waals surface area contributed by atoms with Crippen LogP contribution in [0.15, 0.2) is 109 Å². The molecule has 1 unspecified atom stereocenters. The van der Waals surface area contributed by atoms with Gasteiger partial charge in [-0.15, -0.1) is 0 Å². The highest BCUT2D eigenvalue weighted by molar-refractivity contribution is 7.88. The number of benzene rings is 4. The molecule has 3 fully saturated rings. The van der Waals surface area contributed by atoms with Crippen molar-refractivity contribution in [1.82, 2.24) is 40.5 Å². The van der Waals surface area contributed by atoms with Crippen LogP contribution in [0.2, 0.25) is 0 Å². The number of allylic oxidation sites excluding steroid dienone is 2. The first-order valence-electron chi connectivity index (χ1n) is 41.0. The van der Waals surface area contributed by atoms with Crippen LogP contribution < -0.4 is 75.8 Å². The van der Waals surface area contributed by atoms with Gasteiger partial charge in [0.1, 0.15) is 50.6 Å². The van der Waals surface area contributed by atoms with Gasteiger partial charge in [-0.25, -0.2) is 38.5 Å². The topological polar surface area (TPSA) is 525 Å². The minimum atomic E-state index is -4.25. The van der Waals surface area contributed by atoms with Gasteiger partial charge in [0, 0.05) is 56.7 Å². The Morgan fingerprint density at radius 2 is 1.00 bits per heavy atom. The summed E-state index contributed by atoms with van der Waals surface area (Å²) in [5.41, 5.74) is 7.72. The number of aliphatic hydroxyl groups excluding tert-OH is 2. The van der Waals surface area contributed by atoms with Crippen LogP contribution in [0, 0.1) is 23.7 Å². The Kier molecular flexibility index (Phi) is 34.2. The Labute approximate surface area is 727 Å². The number of carbonyl (C=O) groups excluding carboxylic acids is 12. The minimum Gasteiger partial charge on any atom is -0.493 e. The molecule has 12 N–H and O–H groups in total. The summed E-state index contributed by atoms with van der Waals surface area (Å²) >= 11 is 0. The zero-order valence-electron chi connectivity index (χ0n) is 71.0. The summed E-state index contributed by atoms with van der Waals surface area (Å²) < 4.78 is 95.2. The quantitative estimate of drug-likeness (QED) is 0.0160. The van der Waals surface area contributed by atoms with Gasteiger partial charge in [-0.3, -0.25) is 33.6 Å². The van der Waals surface area contributed by atoms with Crippen molar-refractivity contribution in [2.75, 3.05) is 127 Å². The van der Waals surface area contributed by atoms with E-state index in [1.807, 2.05) is 4.72 Å². The molecule has 0 radical (unpaired) electrons. The van der Waals surface area contributed by atoms with Crippen molar-refractivity contribution in [3.63, 3.8) is 0 Å². The molecule has 12 amide bonds. The van der Waals surface area contributed by atoms with Gasteiger partial charge in [0.05, 0.1) is 108 Å². The molecule has 2 aliphatic carbocycles. The zero-order chi connectivity index (χ0) is 91.1. The Morgan fingerprint density at radius 1 is 0.540 bits per heavy atom. The standard InChI is InChI=1S/C84H109N13O28S/c1-47(2)71(92-81(108)122-33-31-117-28-25-86-126(112,113)93-82(109)123-46-60-56-15-12-10-11-13-16-57(56)60)75(102)88-51(6)73(100)90-55-23-19-53(20-24-55)45-125-84(111)97-63-41-69(67(116-9)38-59(63)77(104)95-43-49(4)36-65(95)79(97)106)120-27-14-26-119-68-40-62-58(37-66(68)115-8)76(103)94-42-48(3)35-64(94)78(105)96(62)83(110)124-44-52-17-21-54(22-18-52)89-72(99)50(5)87-74(101)61(39-70(85)98)91-80(107)121-34-32-118-30-29-114-7/h10-11,17-24,37-38,40-41,47,50-51,56-57,60-61,64-65,71,78-79,86,105-106H,3-4,12-16,25-36,39,42-46H2,1-2,5-9H3,(H2,85,98)(H,87,101)(H,88,102)(H,89,99)(H,90,100)(H,91,107)(H,92,108)(H,93,109)/b11-10-/t50-,51-,56-,57+,60-,61-,64?,65-,71-,78-,79-/m0/s1. The maximum Gasteiger partial charge on any atom is 0.421 e. The van der Waals surface area contributed by atoms with E-state index in [2.05, 4.69) is 61.9 Å². The molecule has 10 rings (SSSR count). The SMILES string of the molecule is C=C1CC2[C@H](O)N(C(=O)OCc3ccc(NC(=O)[C@H](C)NC(=O)[C@H](CC(N)=O)NC(=O)OCCOCCOC)cc3)c3cc(OCCCOc4cc5c(cc4OC)C(=O)N4CC(=C)C[C@H]4[C@H](O)N5C(=O)OCc4ccc(NC(=O)[C@H](C)NC(=O)[C@@H](NC(=O)OCCOCCNS(=O)(=O)NC(=O)OC[C@@H]5[C@@H]6CC/C=C\CC[C@@H]65)C(C)C)cc4)c(OC)cc3C(=O)N2C1. The van der Waals surface area contributed by atoms with Crippen LogP contribution in [-0.2, 0) is 85.3 Å². The number of ether oxygens (including phenoxy) is 12. The van der Waals surface area contributed by atoms with E-state index in [0.29, 0.717) is 40.7 Å². The van der Waals surface area contributed by atoms with Gasteiger partial charge in [-0.1, -0.05) is 74.6 Å². The summed E-state index contributed by atoms with van der Waals surface area (Å²) in [6.07, 6.45) is -0.498. The van der Waals surface area contributed by atoms with Crippen molar-refractivity contribution < 1.29 is 133 Å². The average Bonchev–Trinajstić information content (AvgIpc) is 1.59. The summed E-state index contributed by atoms with van der Waals surface area (Å²) in [5, 5.41) is 39.3. The number of alkyl carbamates (subject to hydrolysis) is 2. The first-order chi connectivity index (χ1) is 60.3. The molecule has 1 saturated carbocycles. The van der Waals surface area contributed by atoms with Crippen LogP contribution >= 0.6 is 0 Å². The molecule has 0 aromatic heterocycles. The fourth-order valence-corrected chi connectivity index (χ4v) is 15.6. The molecular weight excluding hydrogens is 1670 g/mol. The molecular formula is C84H109N13O28S. The van der Waals surface area contributed by atoms with Crippen LogP contribution in [0.5, 0.6) is 23.0 Å². The number of nitrogens with two attached hydrogens (primary N) is 1. The van der Waals surface area contributed by atoms with Gasteiger partial charge in [0.2, 0.25) is 29.5 Å². The van der Waals surface area contributed by atoms with Gasteiger partial charge in [0.15, 0.2) is 35.5 Å². The number of carbonyl (C=O) groups is 12. The second-order valence-corrected chi connectivity index (χ2v) is 32.4. The number of nitrogens with zero attached hydrogens (tertiary/aromatic N) is 4. The van der Waals surface area contributed by atoms with Crippen LogP contribution in [0.1, 0.15) is 111 Å². The molecule has 2 saturated heterocycles. The number of amides is 12. The maximum atomic E-state index is 14.5. The summed E-state index contributed by atoms with van der Waals surface area (Å²) in [6, 6.07) is 10.8. The lowest BCUT2D eigenvalue weighted by atomic mass is 10.0. The van der Waals surface area contributed by atoms with E-state index in [1.54, 1.807) is 26.0 Å². The van der Waals surface area contributed by atoms with Crippen molar-refractivity contribution >= 4 is 105 Å². The molecule has 0 bridgehead atoms. The molecule has 4 aromatic rings. The lowest BCUT2D eigenvalue weighted by molar-refractivity contribution is -0.129. The predicted molar refractivity (Wildman–Crippen MR) is 450 cm³/mol. The number of nitrogens with one attached hydrogen (secondary N) is 8. The van der Waals surface area contributed by atoms with E-state index >= 15 is 0 Å². The Hall–Kier alpha value is -12.3. The van der Waals surface area contributed by atoms with E-state index in [4.69, 9.17) is 62.6 Å². The molecule has 126 heavy (non-hydrogen) atoms. The second-order valence-electron chi connectivity index (χ2n) is 30.9. The molecule has 41 nitrogen and oxygen atoms in total. The maximum absolute atomic E-state index is 14.5. The third kappa shape index (κ3) is 25.9. The first-order valence-corrected chi connectivity index (χ1v) is 42.5. The third-order valence-corrected chi connectivity index (χ3v) is 22.5. The molecule has 4 aromatic carbocycles. The second kappa shape index (κ2) is 45.0. The van der Waals surface area contributed by atoms with E-state index in [0.717, 1.165) is 35.5 Å². The monoisotopic (exact) mass is 1780 g/mol. The van der Waals surface area contributed by atoms with Crippen LogP contribution in [0.25, 0.3) is 0 Å². The first kappa shape index (κ1) is 95.9. The number of rotatable bonds is 41. The number of aliphatic hydroxyl groups is 2. The zero-order valence-corrected chi connectivity index (χ0v) is 71.8. The van der Waals surface area contributed by atoms with Crippen molar-refractivity contribution in [2.24, 2.45) is 29.4 Å². The smallest absolute Gasteiger partial charge is 0.421 e. The Balaban J connectivity index is 0.699. The van der Waals surface area contributed by atoms with Crippen molar-refractivity contribution in [2.45, 2.75) is 141 Å². The fourth-order valence-electron chi connectivity index (χ4n) is 14.9. The number of primary amides is 1. The normalized spacial score (nSPS) is 19.8. The molecule has 4 aliphatic heterocycles. The highest BCUT2D eigenvalue weighted by Crippen LogP contribution is 2.53. The van der Waals surface area contributed by atoms with E-state index in [9.17, 15) is 76.2 Å². The van der Waals surface area contributed by atoms with Crippen molar-refractivity contribution in [3.05, 3.63) is 132 Å². The minimum absolute atomic E-state index is 0.0338. The van der Waals surface area contributed by atoms with Crippen LogP contribution in [-0.4, -0.2) is 256 Å². The van der Waals surface area contributed by atoms with E-state index in [1.165, 1.54) is 106 Å². The van der Waals surface area contributed by atoms with Gasteiger partial charge < -0.3 is 114 Å². The average molecular weight is 1780 g/mol. The van der Waals surface area contributed by atoms with Gasteiger partial charge >= 0.3 is 40.7 Å². The molecule has 684 valence electrons. The van der Waals surface area contributed by atoms with Gasteiger partial charge in [-0.2, -0.15) is 13.1 Å². The lowest BCUT2D eigenvalue weighted by Gasteiger charge is -2.31. The largest absolute Gasteiger partial charge is 0.493 e. The highest BCUT2D eigenvalue weighted by atomic mass is 32.2. The summed E-state index contributed by atoms with van der Waals surface area (Å²) in [6.45, 7) is 13.2. The number of fused-ring (bicyclic) bond motifs is 5. The summed E-state index contributed by atoms with van der Waals surface area (Å²) in [5.74, 6) is -4.05. The van der Waals surface area contributed by atoms with Gasteiger partial charge in [0.25, 0.3) is 11.8 Å². The van der Waals surface area contributed by atoms with Crippen LogP contribution in [0.4, 0.5) is 46.7 Å². The number of hydrogen-bond acceptors (Lipinski definition) is 28. The number of methoxy groups -OCH3 is 3. The summed E-state index contributed by atoms with van der Waals surface area (Å²) in [4.78, 5) is 165. The highest BCUT2D eigenvalue weighted by Gasteiger charge is 2.51. The molecule has 4 heterocycles. The molecule has 42 heteroatoms. The molecule has 11 atom stereocenters.